The number of nitrogens with one attached hydrogen (secondary N) is 1. The number of anilines is 1. The van der Waals surface area contributed by atoms with E-state index in [-0.39, 0.29) is 22.7 Å². The van der Waals surface area contributed by atoms with E-state index in [1.165, 1.54) is 6.42 Å². The molecule has 8 heteroatoms. The Morgan fingerprint density at radius 2 is 2.00 bits per heavy atom. The second-order valence-corrected chi connectivity index (χ2v) is 10.1. The fraction of sp³-hybridized carbons (Fsp3) is 0.640. The average Bonchev–Trinajstić information content (AvgIpc) is 3.49. The summed E-state index contributed by atoms with van der Waals surface area (Å²) in [6, 6.07) is 0.188. The summed E-state index contributed by atoms with van der Waals surface area (Å²) in [6.07, 6.45) is 11.7. The molecular weight excluding hydrogens is 420 g/mol. The van der Waals surface area contributed by atoms with Gasteiger partial charge in [-0.25, -0.2) is 4.68 Å². The lowest BCUT2D eigenvalue weighted by Gasteiger charge is -2.30. The van der Waals surface area contributed by atoms with Crippen molar-refractivity contribution in [2.24, 2.45) is 12.5 Å². The smallest absolute Gasteiger partial charge is 0.291 e. The number of ether oxygens (including phenoxy) is 1. The molecule has 0 aromatic carbocycles. The Bertz CT molecular complexity index is 1140. The summed E-state index contributed by atoms with van der Waals surface area (Å²) >= 11 is 0. The van der Waals surface area contributed by atoms with Crippen molar-refractivity contribution in [3.63, 3.8) is 0 Å². The highest BCUT2D eigenvalue weighted by Gasteiger charge is 2.37. The zero-order valence-corrected chi connectivity index (χ0v) is 19.9. The number of rotatable bonds is 4. The SMILES string of the molecule is Cc1c(C(=O)Nc2c(C)n(C)n(C3CCCCC3)c2=O)noc1C1=CCC2(CCOC2)CC1. The molecule has 1 saturated carbocycles. The summed E-state index contributed by atoms with van der Waals surface area (Å²) in [7, 11) is 1.89. The fourth-order valence-corrected chi connectivity index (χ4v) is 5.79. The van der Waals surface area contributed by atoms with Gasteiger partial charge in [-0.1, -0.05) is 30.5 Å². The van der Waals surface area contributed by atoms with Crippen LogP contribution in [-0.2, 0) is 11.8 Å². The molecule has 1 N–H and O–H groups in total. The molecule has 8 nitrogen and oxygen atoms in total. The highest BCUT2D eigenvalue weighted by atomic mass is 16.5. The Balaban J connectivity index is 1.36. The lowest BCUT2D eigenvalue weighted by molar-refractivity contribution is 0.101. The fourth-order valence-electron chi connectivity index (χ4n) is 5.79. The number of hydrogen-bond donors (Lipinski definition) is 1. The summed E-state index contributed by atoms with van der Waals surface area (Å²) in [5, 5.41) is 6.93. The first-order valence-corrected chi connectivity index (χ1v) is 12.2. The number of carbonyl (C=O) groups excluding carboxylic acids is 1. The topological polar surface area (TPSA) is 91.3 Å². The third-order valence-electron chi connectivity index (χ3n) is 8.07. The van der Waals surface area contributed by atoms with E-state index in [9.17, 15) is 9.59 Å². The molecule has 178 valence electrons. The Hall–Kier alpha value is -2.61. The first-order chi connectivity index (χ1) is 15.9. The van der Waals surface area contributed by atoms with Crippen LogP contribution >= 0.6 is 0 Å². The zero-order valence-electron chi connectivity index (χ0n) is 19.9. The number of hydrogen-bond acceptors (Lipinski definition) is 5. The van der Waals surface area contributed by atoms with Crippen molar-refractivity contribution < 1.29 is 14.1 Å². The van der Waals surface area contributed by atoms with E-state index in [1.54, 1.807) is 4.68 Å². The molecule has 1 amide bonds. The van der Waals surface area contributed by atoms with Crippen LogP contribution in [-0.4, -0.2) is 33.6 Å². The summed E-state index contributed by atoms with van der Waals surface area (Å²) < 4.78 is 14.9. The van der Waals surface area contributed by atoms with Gasteiger partial charge in [0, 0.05) is 19.2 Å². The molecule has 2 aliphatic carbocycles. The van der Waals surface area contributed by atoms with Gasteiger partial charge in [0.2, 0.25) is 0 Å². The Morgan fingerprint density at radius 1 is 1.21 bits per heavy atom. The first kappa shape index (κ1) is 22.2. The van der Waals surface area contributed by atoms with Crippen LogP contribution in [0, 0.1) is 19.3 Å². The predicted octanol–water partition coefficient (Wildman–Crippen LogP) is 4.52. The third kappa shape index (κ3) is 3.88. The van der Waals surface area contributed by atoms with Crippen molar-refractivity contribution in [1.29, 1.82) is 0 Å². The van der Waals surface area contributed by atoms with E-state index in [2.05, 4.69) is 16.5 Å². The van der Waals surface area contributed by atoms with Crippen LogP contribution in [0.25, 0.3) is 5.57 Å². The van der Waals surface area contributed by atoms with Crippen molar-refractivity contribution >= 4 is 17.2 Å². The number of aromatic nitrogens is 3. The number of carbonyl (C=O) groups is 1. The van der Waals surface area contributed by atoms with E-state index in [0.717, 1.165) is 81.4 Å². The molecule has 1 saturated heterocycles. The van der Waals surface area contributed by atoms with Gasteiger partial charge in [-0.15, -0.1) is 0 Å². The number of nitrogens with zero attached hydrogens (tertiary/aromatic N) is 3. The first-order valence-electron chi connectivity index (χ1n) is 12.2. The van der Waals surface area contributed by atoms with Crippen LogP contribution in [0.5, 0.6) is 0 Å². The van der Waals surface area contributed by atoms with Crippen LogP contribution < -0.4 is 10.9 Å². The molecule has 1 atom stereocenters. The minimum atomic E-state index is -0.402. The van der Waals surface area contributed by atoms with Gasteiger partial charge in [0.1, 0.15) is 5.69 Å². The molecule has 5 rings (SSSR count). The van der Waals surface area contributed by atoms with Gasteiger partial charge >= 0.3 is 0 Å². The van der Waals surface area contributed by atoms with Gasteiger partial charge < -0.3 is 14.6 Å². The second kappa shape index (κ2) is 8.63. The molecule has 1 unspecified atom stereocenters. The lowest BCUT2D eigenvalue weighted by Crippen LogP contribution is -2.29. The normalized spacial score (nSPS) is 23.8. The van der Waals surface area contributed by atoms with Gasteiger partial charge in [0.05, 0.1) is 18.3 Å². The van der Waals surface area contributed by atoms with E-state index >= 15 is 0 Å². The van der Waals surface area contributed by atoms with Crippen molar-refractivity contribution in [1.82, 2.24) is 14.5 Å². The maximum absolute atomic E-state index is 13.2. The van der Waals surface area contributed by atoms with Gasteiger partial charge in [0.25, 0.3) is 11.5 Å². The molecule has 3 heterocycles. The van der Waals surface area contributed by atoms with Crippen molar-refractivity contribution in [2.45, 2.75) is 77.7 Å². The molecule has 0 radical (unpaired) electrons. The zero-order chi connectivity index (χ0) is 23.2. The largest absolute Gasteiger partial charge is 0.381 e. The summed E-state index contributed by atoms with van der Waals surface area (Å²) in [6.45, 7) is 5.40. The quantitative estimate of drug-likeness (QED) is 0.733. The van der Waals surface area contributed by atoms with Gasteiger partial charge in [-0.3, -0.25) is 14.3 Å². The number of allylic oxidation sites excluding steroid dienone is 2. The van der Waals surface area contributed by atoms with Crippen molar-refractivity contribution in [3.05, 3.63) is 39.1 Å². The highest BCUT2D eigenvalue weighted by Crippen LogP contribution is 2.44. The van der Waals surface area contributed by atoms with Crippen LogP contribution in [0.4, 0.5) is 5.69 Å². The lowest BCUT2D eigenvalue weighted by atomic mass is 9.74. The Morgan fingerprint density at radius 3 is 2.67 bits per heavy atom. The molecule has 2 aromatic heterocycles. The molecule has 1 spiro atoms. The predicted molar refractivity (Wildman–Crippen MR) is 125 cm³/mol. The minimum absolute atomic E-state index is 0.143. The monoisotopic (exact) mass is 454 g/mol. The van der Waals surface area contributed by atoms with Crippen LogP contribution in [0.3, 0.4) is 0 Å². The van der Waals surface area contributed by atoms with Gasteiger partial charge in [-0.05, 0) is 63.4 Å². The van der Waals surface area contributed by atoms with Crippen molar-refractivity contribution in [2.75, 3.05) is 18.5 Å². The minimum Gasteiger partial charge on any atom is -0.381 e. The molecule has 2 aromatic rings. The van der Waals surface area contributed by atoms with E-state index < -0.39 is 5.91 Å². The Kier molecular flexibility index (Phi) is 5.80. The standard InChI is InChI=1S/C25H34N4O4/c1-16-20(27-33-22(16)18-9-11-25(12-10-18)13-14-32-15-25)23(30)26-21-17(2)28(3)29(24(21)31)19-7-5-4-6-8-19/h9,19H,4-8,10-15H2,1-3H3,(H,26,30). The Labute approximate surface area is 193 Å². The molecule has 2 fully saturated rings. The summed E-state index contributed by atoms with van der Waals surface area (Å²) in [5.74, 6) is 0.277. The molecular formula is C25H34N4O4. The average molecular weight is 455 g/mol. The maximum atomic E-state index is 13.2. The van der Waals surface area contributed by atoms with E-state index in [0.29, 0.717) is 11.4 Å². The van der Waals surface area contributed by atoms with E-state index in [1.807, 2.05) is 25.6 Å². The second-order valence-electron chi connectivity index (χ2n) is 10.1. The molecule has 33 heavy (non-hydrogen) atoms. The van der Waals surface area contributed by atoms with E-state index in [4.69, 9.17) is 9.26 Å². The summed E-state index contributed by atoms with van der Waals surface area (Å²) in [4.78, 5) is 26.3. The molecule has 0 bridgehead atoms. The van der Waals surface area contributed by atoms with Gasteiger partial charge in [0.15, 0.2) is 11.5 Å². The number of amides is 1. The van der Waals surface area contributed by atoms with Crippen molar-refractivity contribution in [3.8, 4) is 0 Å². The maximum Gasteiger partial charge on any atom is 0.291 e. The molecule has 1 aliphatic heterocycles. The van der Waals surface area contributed by atoms with Crippen LogP contribution in [0.15, 0.2) is 15.4 Å². The summed E-state index contributed by atoms with van der Waals surface area (Å²) in [5.41, 5.74) is 3.26. The van der Waals surface area contributed by atoms with Gasteiger partial charge in [-0.2, -0.15) is 0 Å². The highest BCUT2D eigenvalue weighted by molar-refractivity contribution is 6.04. The third-order valence-corrected chi connectivity index (χ3v) is 8.07. The van der Waals surface area contributed by atoms with Crippen LogP contribution in [0.1, 0.15) is 91.3 Å². The van der Waals surface area contributed by atoms with Crippen LogP contribution in [0.2, 0.25) is 0 Å². The molecule has 3 aliphatic rings.